The lowest BCUT2D eigenvalue weighted by atomic mass is 9.78. The molecule has 1 N–H and O–H groups in total. The molecular weight excluding hydrogens is 404 g/mol. The average molecular weight is 428 g/mol. The van der Waals surface area contributed by atoms with Crippen LogP contribution in [0.2, 0.25) is 0 Å². The van der Waals surface area contributed by atoms with Crippen molar-refractivity contribution in [3.63, 3.8) is 0 Å². The molecule has 0 unspecified atom stereocenters. The number of aryl methyl sites for hydroxylation is 1. The van der Waals surface area contributed by atoms with Crippen molar-refractivity contribution in [2.75, 3.05) is 7.11 Å². The zero-order valence-corrected chi connectivity index (χ0v) is 18.1. The zero-order valence-electron chi connectivity index (χ0n) is 18.1. The van der Waals surface area contributed by atoms with Gasteiger partial charge in [0.15, 0.2) is 11.6 Å². The lowest BCUT2D eigenvalue weighted by Gasteiger charge is -2.23. The van der Waals surface area contributed by atoms with Gasteiger partial charge in [0, 0.05) is 17.5 Å². The molecule has 162 valence electrons. The highest BCUT2D eigenvalue weighted by molar-refractivity contribution is 6.13. The lowest BCUT2D eigenvalue weighted by Crippen LogP contribution is -2.34. The smallest absolute Gasteiger partial charge is 0.310 e. The van der Waals surface area contributed by atoms with E-state index < -0.39 is 11.4 Å². The van der Waals surface area contributed by atoms with E-state index in [1.54, 1.807) is 24.3 Å². The van der Waals surface area contributed by atoms with Gasteiger partial charge in [0.2, 0.25) is 0 Å². The molecule has 0 bridgehead atoms. The Labute approximate surface area is 186 Å². The molecule has 0 fully saturated rings. The predicted octanol–water partition coefficient (Wildman–Crippen LogP) is 4.68. The molecule has 3 aromatic carbocycles. The number of fused-ring (bicyclic) bond motifs is 1. The number of carboxylic acids is 1. The predicted molar refractivity (Wildman–Crippen MR) is 120 cm³/mol. The molecule has 1 aliphatic carbocycles. The fourth-order valence-corrected chi connectivity index (χ4v) is 4.49. The Morgan fingerprint density at radius 3 is 2.12 bits per heavy atom. The SMILES string of the molecule is COc1ccc(C(=O)CC2(C(=O)O)Cc3ccccc3C2)cc1C(=O)c1ccccc1C. The van der Waals surface area contributed by atoms with Crippen LogP contribution in [0.3, 0.4) is 0 Å². The van der Waals surface area contributed by atoms with Gasteiger partial charge in [-0.05, 0) is 54.7 Å². The van der Waals surface area contributed by atoms with Crippen LogP contribution in [0.5, 0.6) is 5.75 Å². The number of methoxy groups -OCH3 is 1. The molecule has 4 rings (SSSR count). The minimum atomic E-state index is -1.18. The van der Waals surface area contributed by atoms with Crippen LogP contribution >= 0.6 is 0 Å². The molecule has 0 radical (unpaired) electrons. The third kappa shape index (κ3) is 3.82. The number of ether oxygens (including phenoxy) is 1. The number of carbonyl (C=O) groups excluding carboxylic acids is 2. The van der Waals surface area contributed by atoms with E-state index in [4.69, 9.17) is 4.74 Å². The standard InChI is InChI=1S/C27H24O5/c1-17-7-3-6-10-21(17)25(29)22-13-18(11-12-24(22)32-2)23(28)16-27(26(30)31)14-19-8-4-5-9-20(19)15-27/h3-13H,14-16H2,1-2H3,(H,30,31). The number of rotatable bonds is 7. The quantitative estimate of drug-likeness (QED) is 0.553. The normalized spacial score (nSPS) is 13.9. The highest BCUT2D eigenvalue weighted by Gasteiger charge is 2.45. The van der Waals surface area contributed by atoms with Crippen LogP contribution in [-0.4, -0.2) is 29.8 Å². The Bertz CT molecular complexity index is 1200. The zero-order chi connectivity index (χ0) is 22.9. The first kappa shape index (κ1) is 21.5. The van der Waals surface area contributed by atoms with Gasteiger partial charge in [-0.1, -0.05) is 48.5 Å². The van der Waals surface area contributed by atoms with E-state index >= 15 is 0 Å². The van der Waals surface area contributed by atoms with E-state index in [-0.39, 0.29) is 23.6 Å². The van der Waals surface area contributed by atoms with Crippen molar-refractivity contribution in [1.29, 1.82) is 0 Å². The molecule has 0 heterocycles. The van der Waals surface area contributed by atoms with E-state index in [2.05, 4.69) is 0 Å². The summed E-state index contributed by atoms with van der Waals surface area (Å²) >= 11 is 0. The molecule has 0 amide bonds. The Morgan fingerprint density at radius 1 is 0.906 bits per heavy atom. The number of hydrogen-bond donors (Lipinski definition) is 1. The van der Waals surface area contributed by atoms with E-state index in [0.29, 0.717) is 29.7 Å². The number of carboxylic acid groups (broad SMARTS) is 1. The van der Waals surface area contributed by atoms with Crippen LogP contribution < -0.4 is 4.74 Å². The Balaban J connectivity index is 1.66. The van der Waals surface area contributed by atoms with Gasteiger partial charge in [0.25, 0.3) is 0 Å². The van der Waals surface area contributed by atoms with E-state index in [1.807, 2.05) is 43.3 Å². The molecule has 0 aromatic heterocycles. The number of Topliss-reactive ketones (excluding diaryl/α,β-unsaturated/α-hetero) is 1. The third-order valence-electron chi connectivity index (χ3n) is 6.28. The van der Waals surface area contributed by atoms with Gasteiger partial charge in [-0.3, -0.25) is 14.4 Å². The fraction of sp³-hybridized carbons (Fsp3) is 0.222. The lowest BCUT2D eigenvalue weighted by molar-refractivity contribution is -0.148. The fourth-order valence-electron chi connectivity index (χ4n) is 4.49. The monoisotopic (exact) mass is 428 g/mol. The summed E-state index contributed by atoms with van der Waals surface area (Å²) in [5.41, 5.74) is 2.70. The number of ketones is 2. The third-order valence-corrected chi connectivity index (χ3v) is 6.28. The summed E-state index contributed by atoms with van der Waals surface area (Å²) in [5, 5.41) is 10.0. The van der Waals surface area contributed by atoms with Crippen LogP contribution in [0.1, 0.15) is 49.4 Å². The van der Waals surface area contributed by atoms with Crippen LogP contribution in [0.4, 0.5) is 0 Å². The van der Waals surface area contributed by atoms with E-state index in [9.17, 15) is 19.5 Å². The van der Waals surface area contributed by atoms with Gasteiger partial charge < -0.3 is 9.84 Å². The number of carbonyl (C=O) groups is 3. The van der Waals surface area contributed by atoms with Gasteiger partial charge >= 0.3 is 5.97 Å². The second kappa shape index (κ2) is 8.42. The molecule has 0 saturated carbocycles. The maximum atomic E-state index is 13.2. The van der Waals surface area contributed by atoms with E-state index in [0.717, 1.165) is 16.7 Å². The first-order valence-electron chi connectivity index (χ1n) is 10.5. The molecule has 5 heteroatoms. The van der Waals surface area contributed by atoms with Gasteiger partial charge in [-0.15, -0.1) is 0 Å². The van der Waals surface area contributed by atoms with Crippen molar-refractivity contribution < 1.29 is 24.2 Å². The van der Waals surface area contributed by atoms with Crippen molar-refractivity contribution in [1.82, 2.24) is 0 Å². The Kier molecular flexibility index (Phi) is 5.66. The number of hydrogen-bond acceptors (Lipinski definition) is 4. The molecule has 0 saturated heterocycles. The Morgan fingerprint density at radius 2 is 1.53 bits per heavy atom. The second-order valence-electron chi connectivity index (χ2n) is 8.37. The van der Waals surface area contributed by atoms with Crippen LogP contribution in [0.15, 0.2) is 66.7 Å². The van der Waals surface area contributed by atoms with Gasteiger partial charge in [-0.25, -0.2) is 0 Å². The largest absolute Gasteiger partial charge is 0.496 e. The topological polar surface area (TPSA) is 80.7 Å². The molecule has 32 heavy (non-hydrogen) atoms. The highest BCUT2D eigenvalue weighted by Crippen LogP contribution is 2.41. The van der Waals surface area contributed by atoms with Crippen LogP contribution in [0.25, 0.3) is 0 Å². The second-order valence-corrected chi connectivity index (χ2v) is 8.37. The average Bonchev–Trinajstić information content (AvgIpc) is 3.18. The van der Waals surface area contributed by atoms with Gasteiger partial charge in [0.1, 0.15) is 5.75 Å². The summed E-state index contributed by atoms with van der Waals surface area (Å²) in [6.07, 6.45) is 0.492. The number of aliphatic carboxylic acids is 1. The van der Waals surface area contributed by atoms with Crippen molar-refractivity contribution in [2.45, 2.75) is 26.2 Å². The van der Waals surface area contributed by atoms with E-state index in [1.165, 1.54) is 13.2 Å². The first-order chi connectivity index (χ1) is 15.3. The molecule has 0 atom stereocenters. The Hall–Kier alpha value is -3.73. The van der Waals surface area contributed by atoms with Crippen LogP contribution in [-0.2, 0) is 17.6 Å². The summed E-state index contributed by atoms with van der Waals surface area (Å²) in [7, 11) is 1.47. The minimum absolute atomic E-state index is 0.138. The maximum absolute atomic E-state index is 13.2. The summed E-state index contributed by atoms with van der Waals surface area (Å²) in [5.74, 6) is -1.15. The molecule has 0 aliphatic heterocycles. The maximum Gasteiger partial charge on any atom is 0.310 e. The van der Waals surface area contributed by atoms with Crippen molar-refractivity contribution >= 4 is 17.5 Å². The molecule has 5 nitrogen and oxygen atoms in total. The summed E-state index contributed by atoms with van der Waals surface area (Å²) < 4.78 is 5.37. The summed E-state index contributed by atoms with van der Waals surface area (Å²) in [4.78, 5) is 38.7. The molecule has 1 aliphatic rings. The molecule has 0 spiro atoms. The van der Waals surface area contributed by atoms with Crippen LogP contribution in [0, 0.1) is 12.3 Å². The highest BCUT2D eigenvalue weighted by atomic mass is 16.5. The molecular formula is C27H24O5. The van der Waals surface area contributed by atoms with Crippen molar-refractivity contribution in [3.05, 3.63) is 100 Å². The summed E-state index contributed by atoms with van der Waals surface area (Å²) in [6.45, 7) is 1.85. The first-order valence-corrected chi connectivity index (χ1v) is 10.5. The summed E-state index contributed by atoms with van der Waals surface area (Å²) in [6, 6.07) is 19.5. The van der Waals surface area contributed by atoms with Gasteiger partial charge in [-0.2, -0.15) is 0 Å². The van der Waals surface area contributed by atoms with Crippen molar-refractivity contribution in [2.24, 2.45) is 5.41 Å². The van der Waals surface area contributed by atoms with Gasteiger partial charge in [0.05, 0.1) is 18.1 Å². The molecule has 3 aromatic rings. The van der Waals surface area contributed by atoms with Crippen molar-refractivity contribution in [3.8, 4) is 5.75 Å². The number of benzene rings is 3. The minimum Gasteiger partial charge on any atom is -0.496 e.